The first kappa shape index (κ1) is 29.5. The van der Waals surface area contributed by atoms with Crippen LogP contribution in [0.2, 0.25) is 0 Å². The van der Waals surface area contributed by atoms with E-state index in [4.69, 9.17) is 9.47 Å². The number of aromatic nitrogens is 3. The number of rotatable bonds is 6. The van der Waals surface area contributed by atoms with Crippen LogP contribution in [-0.4, -0.2) is 74.2 Å². The summed E-state index contributed by atoms with van der Waals surface area (Å²) in [6.07, 6.45) is 2.31. The Morgan fingerprint density at radius 2 is 1.91 bits per heavy atom. The molecule has 0 aliphatic carbocycles. The number of pyridine rings is 1. The number of phenols is 1. The van der Waals surface area contributed by atoms with Gasteiger partial charge < -0.3 is 19.5 Å². The fourth-order valence-electron chi connectivity index (χ4n) is 6.17. The number of aromatic hydroxyl groups is 1. The SMILES string of the molecule is C[C@H](C=O)Oc1nc(N2CC3CCC(C2)N3C(=O)OC(C)(C)C)c2cnc(-c3cc(O)cc4cccc(CF)c34)c(F)c2n1. The minimum atomic E-state index is -0.896. The maximum atomic E-state index is 16.5. The number of amides is 1. The van der Waals surface area contributed by atoms with Gasteiger partial charge in [-0.1, -0.05) is 18.2 Å². The number of carbonyl (C=O) groups is 2. The molecule has 1 amide bonds. The number of phenolic OH excluding ortho intramolecular Hbond substituents is 1. The molecule has 2 fully saturated rings. The van der Waals surface area contributed by atoms with Gasteiger partial charge in [-0.2, -0.15) is 9.97 Å². The highest BCUT2D eigenvalue weighted by Crippen LogP contribution is 2.40. The Morgan fingerprint density at radius 3 is 2.57 bits per heavy atom. The number of halogens is 2. The van der Waals surface area contributed by atoms with Crippen LogP contribution in [0.1, 0.15) is 46.1 Å². The fraction of sp³-hybridized carbons (Fsp3) is 0.406. The van der Waals surface area contributed by atoms with E-state index in [0.29, 0.717) is 46.9 Å². The maximum Gasteiger partial charge on any atom is 0.410 e. The number of anilines is 1. The number of benzene rings is 2. The van der Waals surface area contributed by atoms with Gasteiger partial charge in [-0.15, -0.1) is 0 Å². The molecule has 2 aliphatic rings. The second-order valence-corrected chi connectivity index (χ2v) is 12.3. The predicted molar refractivity (Wildman–Crippen MR) is 160 cm³/mol. The number of alkyl halides is 1. The molecule has 2 aromatic heterocycles. The second kappa shape index (κ2) is 11.1. The normalized spacial score (nSPS) is 19.0. The Kier molecular flexibility index (Phi) is 7.46. The lowest BCUT2D eigenvalue weighted by Crippen LogP contribution is -2.57. The first-order chi connectivity index (χ1) is 21.0. The van der Waals surface area contributed by atoms with Crippen molar-refractivity contribution in [3.05, 3.63) is 47.9 Å². The smallest absolute Gasteiger partial charge is 0.410 e. The minimum absolute atomic E-state index is 0.107. The quantitative estimate of drug-likeness (QED) is 0.276. The van der Waals surface area contributed by atoms with E-state index in [-0.39, 0.29) is 46.7 Å². The van der Waals surface area contributed by atoms with Crippen LogP contribution in [0.15, 0.2) is 36.5 Å². The first-order valence-electron chi connectivity index (χ1n) is 14.5. The molecule has 2 aromatic carbocycles. The average molecular weight is 606 g/mol. The number of carbonyl (C=O) groups excluding carboxylic acids is 2. The molecule has 10 nitrogen and oxygen atoms in total. The third-order valence-corrected chi connectivity index (χ3v) is 7.96. The lowest BCUT2D eigenvalue weighted by Gasteiger charge is -2.42. The fourth-order valence-corrected chi connectivity index (χ4v) is 6.17. The Balaban J connectivity index is 1.47. The molecule has 2 unspecified atom stereocenters. The predicted octanol–water partition coefficient (Wildman–Crippen LogP) is 5.71. The largest absolute Gasteiger partial charge is 0.508 e. The van der Waals surface area contributed by atoms with E-state index in [1.165, 1.54) is 25.3 Å². The van der Waals surface area contributed by atoms with E-state index < -0.39 is 24.2 Å². The molecule has 230 valence electrons. The van der Waals surface area contributed by atoms with Gasteiger partial charge in [0.05, 0.1) is 17.5 Å². The molecule has 2 saturated heterocycles. The zero-order chi connectivity index (χ0) is 31.3. The number of aldehydes is 1. The van der Waals surface area contributed by atoms with Crippen LogP contribution < -0.4 is 9.64 Å². The first-order valence-corrected chi connectivity index (χ1v) is 14.5. The van der Waals surface area contributed by atoms with Crippen molar-refractivity contribution < 1.29 is 33.0 Å². The van der Waals surface area contributed by atoms with Crippen molar-refractivity contribution in [2.75, 3.05) is 18.0 Å². The lowest BCUT2D eigenvalue weighted by atomic mass is 9.96. The van der Waals surface area contributed by atoms with Gasteiger partial charge in [0.25, 0.3) is 0 Å². The van der Waals surface area contributed by atoms with Gasteiger partial charge in [0, 0.05) is 24.8 Å². The molecule has 0 spiro atoms. The summed E-state index contributed by atoms with van der Waals surface area (Å²) in [6, 6.07) is 7.29. The van der Waals surface area contributed by atoms with E-state index >= 15 is 4.39 Å². The molecule has 44 heavy (non-hydrogen) atoms. The van der Waals surface area contributed by atoms with Gasteiger partial charge in [0.1, 0.15) is 35.1 Å². The Hall–Kier alpha value is -4.61. The molecule has 6 rings (SSSR count). The van der Waals surface area contributed by atoms with E-state index in [1.807, 2.05) is 25.7 Å². The van der Waals surface area contributed by atoms with Crippen LogP contribution in [0.3, 0.4) is 0 Å². The van der Waals surface area contributed by atoms with Crippen LogP contribution in [0.5, 0.6) is 11.8 Å². The highest BCUT2D eigenvalue weighted by molar-refractivity contribution is 6.01. The summed E-state index contributed by atoms with van der Waals surface area (Å²) < 4.78 is 41.9. The average Bonchev–Trinajstić information content (AvgIpc) is 3.25. The van der Waals surface area contributed by atoms with Crippen LogP contribution in [0.25, 0.3) is 32.9 Å². The van der Waals surface area contributed by atoms with Gasteiger partial charge in [0.15, 0.2) is 18.2 Å². The van der Waals surface area contributed by atoms with E-state index in [1.54, 1.807) is 23.1 Å². The Morgan fingerprint density at radius 1 is 1.18 bits per heavy atom. The number of fused-ring (bicyclic) bond motifs is 4. The summed E-state index contributed by atoms with van der Waals surface area (Å²) in [6.45, 7) is 7.01. The number of piperazine rings is 1. The molecular formula is C32H33F2N5O5. The number of nitrogens with zero attached hydrogens (tertiary/aromatic N) is 5. The maximum absolute atomic E-state index is 16.5. The molecule has 0 saturated carbocycles. The van der Waals surface area contributed by atoms with E-state index in [2.05, 4.69) is 15.0 Å². The van der Waals surface area contributed by atoms with Crippen LogP contribution >= 0.6 is 0 Å². The minimum Gasteiger partial charge on any atom is -0.508 e. The van der Waals surface area contributed by atoms with Crippen molar-refractivity contribution in [2.45, 2.75) is 71.0 Å². The van der Waals surface area contributed by atoms with Gasteiger partial charge in [-0.05, 0) is 69.0 Å². The molecule has 12 heteroatoms. The van der Waals surface area contributed by atoms with Crippen molar-refractivity contribution in [1.82, 2.24) is 19.9 Å². The molecule has 2 bridgehead atoms. The van der Waals surface area contributed by atoms with Gasteiger partial charge in [-0.3, -0.25) is 14.7 Å². The Bertz CT molecular complexity index is 1760. The standard InChI is InChI=1S/C32H33F2N5O5/c1-17(16-40)43-30-36-28-24(29(37-30)38-14-20-8-9-21(15-38)39(20)31(42)44-32(2,3)4)13-35-27(26(28)34)23-11-22(41)10-18-6-5-7-19(12-33)25(18)23/h5-7,10-11,13,16-17,20-21,41H,8-9,12,14-15H2,1-4H3/t17-,20?,21?/m1/s1. The van der Waals surface area contributed by atoms with Crippen molar-refractivity contribution in [3.63, 3.8) is 0 Å². The monoisotopic (exact) mass is 605 g/mol. The van der Waals surface area contributed by atoms with E-state index in [9.17, 15) is 19.1 Å². The summed E-state index contributed by atoms with van der Waals surface area (Å²) in [4.78, 5) is 41.5. The van der Waals surface area contributed by atoms with Crippen LogP contribution in [0, 0.1) is 5.82 Å². The summed E-state index contributed by atoms with van der Waals surface area (Å²) >= 11 is 0. The van der Waals surface area contributed by atoms with Gasteiger partial charge in [0.2, 0.25) is 0 Å². The van der Waals surface area contributed by atoms with Gasteiger partial charge >= 0.3 is 12.1 Å². The van der Waals surface area contributed by atoms with Crippen LogP contribution in [-0.2, 0) is 16.2 Å². The molecule has 2 aliphatic heterocycles. The third-order valence-electron chi connectivity index (χ3n) is 7.96. The van der Waals surface area contributed by atoms with Crippen LogP contribution in [0.4, 0.5) is 19.4 Å². The highest BCUT2D eigenvalue weighted by atomic mass is 19.1. The van der Waals surface area contributed by atoms with Crippen molar-refractivity contribution >= 4 is 39.9 Å². The van der Waals surface area contributed by atoms with Crippen molar-refractivity contribution in [2.24, 2.45) is 0 Å². The van der Waals surface area contributed by atoms with Gasteiger partial charge in [-0.25, -0.2) is 13.6 Å². The zero-order valence-electron chi connectivity index (χ0n) is 24.9. The Labute approximate surface area is 252 Å². The zero-order valence-corrected chi connectivity index (χ0v) is 24.9. The topological polar surface area (TPSA) is 118 Å². The highest BCUT2D eigenvalue weighted by Gasteiger charge is 2.45. The molecule has 0 radical (unpaired) electrons. The number of ether oxygens (including phenoxy) is 2. The molecule has 3 atom stereocenters. The summed E-state index contributed by atoms with van der Waals surface area (Å²) in [5, 5.41) is 11.7. The van der Waals surface area contributed by atoms with Crippen molar-refractivity contribution in [3.8, 4) is 23.0 Å². The second-order valence-electron chi connectivity index (χ2n) is 12.3. The molecular weight excluding hydrogens is 572 g/mol. The molecule has 4 heterocycles. The van der Waals surface area contributed by atoms with E-state index in [0.717, 1.165) is 12.8 Å². The number of hydrogen-bond acceptors (Lipinski definition) is 9. The molecule has 4 aromatic rings. The number of hydrogen-bond donors (Lipinski definition) is 1. The molecule has 1 N–H and O–H groups in total. The summed E-state index contributed by atoms with van der Waals surface area (Å²) in [5.41, 5.74) is -0.340. The summed E-state index contributed by atoms with van der Waals surface area (Å²) in [7, 11) is 0. The van der Waals surface area contributed by atoms with Crippen molar-refractivity contribution in [1.29, 1.82) is 0 Å². The summed E-state index contributed by atoms with van der Waals surface area (Å²) in [5.74, 6) is -0.590. The third kappa shape index (κ3) is 5.33. The lowest BCUT2D eigenvalue weighted by molar-refractivity contribution is -0.113.